The number of halogens is 4. The summed E-state index contributed by atoms with van der Waals surface area (Å²) in [6, 6.07) is 12.0. The molecule has 1 aliphatic heterocycles. The number of benzene rings is 2. The Hall–Kier alpha value is -3.47. The zero-order valence-electron chi connectivity index (χ0n) is 18.9. The van der Waals surface area contributed by atoms with Gasteiger partial charge in [-0.3, -0.25) is 9.69 Å². The lowest BCUT2D eigenvalue weighted by atomic mass is 10.0. The van der Waals surface area contributed by atoms with Gasteiger partial charge in [0.15, 0.2) is 5.65 Å². The highest BCUT2D eigenvalue weighted by atomic mass is 35.5. The largest absolute Gasteiger partial charge is 0.416 e. The van der Waals surface area contributed by atoms with Crippen LogP contribution in [0.25, 0.3) is 16.9 Å². The molecule has 4 aromatic rings. The third kappa shape index (κ3) is 5.06. The SMILES string of the molecule is O=C(Nc1ccc(Cl)c(-c2ccnc3ccnn23)c1)c1ccc(CN2CCOCC2)c(C(F)(F)F)c1. The topological polar surface area (TPSA) is 71.8 Å². The maximum Gasteiger partial charge on any atom is 0.416 e. The standard InChI is InChI=1S/C25H21ClF3N5O2/c26-21-4-3-18(14-19(21)22-5-7-30-23-6-8-31-34(22)23)32-24(35)16-1-2-17(20(13-16)25(27,28)29)15-33-9-11-36-12-10-33/h1-8,13-14H,9-12,15H2,(H,32,35). The van der Waals surface area contributed by atoms with Crippen molar-refractivity contribution in [1.82, 2.24) is 19.5 Å². The molecule has 36 heavy (non-hydrogen) atoms. The van der Waals surface area contributed by atoms with Crippen molar-refractivity contribution in [3.63, 3.8) is 0 Å². The number of hydrogen-bond donors (Lipinski definition) is 1. The minimum Gasteiger partial charge on any atom is -0.379 e. The molecule has 0 unspecified atom stereocenters. The number of carbonyl (C=O) groups is 1. The number of nitrogens with zero attached hydrogens (tertiary/aromatic N) is 4. The van der Waals surface area contributed by atoms with Crippen LogP contribution in [-0.4, -0.2) is 51.7 Å². The number of fused-ring (bicyclic) bond motifs is 1. The van der Waals surface area contributed by atoms with E-state index in [0.29, 0.717) is 53.9 Å². The van der Waals surface area contributed by atoms with E-state index in [-0.39, 0.29) is 17.7 Å². The number of nitrogens with one attached hydrogen (secondary N) is 1. The van der Waals surface area contributed by atoms with Gasteiger partial charge < -0.3 is 10.1 Å². The highest BCUT2D eigenvalue weighted by Gasteiger charge is 2.34. The molecule has 1 fully saturated rings. The van der Waals surface area contributed by atoms with E-state index in [1.54, 1.807) is 47.2 Å². The Labute approximate surface area is 209 Å². The average Bonchev–Trinajstić information content (AvgIpc) is 3.35. The van der Waals surface area contributed by atoms with Crippen LogP contribution in [0.2, 0.25) is 5.02 Å². The lowest BCUT2D eigenvalue weighted by Crippen LogP contribution is -2.36. The number of carbonyl (C=O) groups excluding carboxylic acids is 1. The first-order chi connectivity index (χ1) is 17.3. The molecule has 1 N–H and O–H groups in total. The first-order valence-corrected chi connectivity index (χ1v) is 11.6. The molecule has 0 bridgehead atoms. The third-order valence-corrected chi connectivity index (χ3v) is 6.30. The Balaban J connectivity index is 1.41. The molecule has 7 nitrogen and oxygen atoms in total. The fourth-order valence-electron chi connectivity index (χ4n) is 4.16. The highest BCUT2D eigenvalue weighted by Crippen LogP contribution is 2.34. The van der Waals surface area contributed by atoms with Gasteiger partial charge in [-0.15, -0.1) is 0 Å². The van der Waals surface area contributed by atoms with Crippen molar-refractivity contribution in [2.45, 2.75) is 12.7 Å². The van der Waals surface area contributed by atoms with Gasteiger partial charge in [-0.2, -0.15) is 18.3 Å². The molecule has 1 amide bonds. The minimum atomic E-state index is -4.60. The quantitative estimate of drug-likeness (QED) is 0.398. The summed E-state index contributed by atoms with van der Waals surface area (Å²) < 4.78 is 48.4. The second kappa shape index (κ2) is 9.88. The normalized spacial score (nSPS) is 14.8. The third-order valence-electron chi connectivity index (χ3n) is 5.97. The van der Waals surface area contributed by atoms with Crippen molar-refractivity contribution in [2.75, 3.05) is 31.6 Å². The van der Waals surface area contributed by atoms with Crippen molar-refractivity contribution in [3.8, 4) is 11.3 Å². The van der Waals surface area contributed by atoms with Gasteiger partial charge in [0.25, 0.3) is 5.91 Å². The summed E-state index contributed by atoms with van der Waals surface area (Å²) in [7, 11) is 0. The van der Waals surface area contributed by atoms with Crippen LogP contribution in [0.1, 0.15) is 21.5 Å². The fourth-order valence-corrected chi connectivity index (χ4v) is 4.38. The predicted octanol–water partition coefficient (Wildman–Crippen LogP) is 5.15. The van der Waals surface area contributed by atoms with Crippen LogP contribution in [-0.2, 0) is 17.5 Å². The van der Waals surface area contributed by atoms with Gasteiger partial charge in [-0.25, -0.2) is 9.50 Å². The van der Waals surface area contributed by atoms with Crippen molar-refractivity contribution in [3.05, 3.63) is 82.6 Å². The van der Waals surface area contributed by atoms with E-state index in [9.17, 15) is 18.0 Å². The number of rotatable bonds is 5. The molecule has 1 saturated heterocycles. The number of aromatic nitrogens is 3. The fraction of sp³-hybridized carbons (Fsp3) is 0.240. The monoisotopic (exact) mass is 515 g/mol. The molecule has 11 heteroatoms. The van der Waals surface area contributed by atoms with E-state index in [1.807, 2.05) is 4.90 Å². The first-order valence-electron chi connectivity index (χ1n) is 11.2. The van der Waals surface area contributed by atoms with E-state index >= 15 is 0 Å². The second-order valence-corrected chi connectivity index (χ2v) is 8.75. The van der Waals surface area contributed by atoms with Crippen LogP contribution in [0.4, 0.5) is 18.9 Å². The molecule has 0 spiro atoms. The van der Waals surface area contributed by atoms with Crippen molar-refractivity contribution >= 4 is 28.8 Å². The Morgan fingerprint density at radius 2 is 1.86 bits per heavy atom. The molecule has 0 atom stereocenters. The molecule has 0 aliphatic carbocycles. The summed E-state index contributed by atoms with van der Waals surface area (Å²) in [5, 5.41) is 7.35. The Kier molecular flexibility index (Phi) is 6.65. The molecule has 0 radical (unpaired) electrons. The summed E-state index contributed by atoms with van der Waals surface area (Å²) in [4.78, 5) is 19.1. The van der Waals surface area contributed by atoms with Gasteiger partial charge in [-0.1, -0.05) is 17.7 Å². The Bertz CT molecular complexity index is 1420. The van der Waals surface area contributed by atoms with E-state index in [4.69, 9.17) is 16.3 Å². The van der Waals surface area contributed by atoms with Crippen LogP contribution in [0.15, 0.2) is 60.9 Å². The Morgan fingerprint density at radius 3 is 2.64 bits per heavy atom. The van der Waals surface area contributed by atoms with Crippen molar-refractivity contribution < 1.29 is 22.7 Å². The van der Waals surface area contributed by atoms with Crippen molar-refractivity contribution in [1.29, 1.82) is 0 Å². The summed E-state index contributed by atoms with van der Waals surface area (Å²) >= 11 is 6.41. The van der Waals surface area contributed by atoms with Gasteiger partial charge in [0.1, 0.15) is 0 Å². The molecule has 2 aromatic carbocycles. The number of amides is 1. The zero-order chi connectivity index (χ0) is 25.3. The highest BCUT2D eigenvalue weighted by molar-refractivity contribution is 6.33. The maximum absolute atomic E-state index is 13.9. The van der Waals surface area contributed by atoms with Crippen molar-refractivity contribution in [2.24, 2.45) is 0 Å². The molecule has 3 heterocycles. The average molecular weight is 516 g/mol. The van der Waals surface area contributed by atoms with E-state index in [0.717, 1.165) is 6.07 Å². The molecule has 5 rings (SSSR count). The van der Waals surface area contributed by atoms with Gasteiger partial charge in [0.2, 0.25) is 0 Å². The lowest BCUT2D eigenvalue weighted by Gasteiger charge is -2.27. The molecule has 1 aliphatic rings. The summed E-state index contributed by atoms with van der Waals surface area (Å²) in [5.41, 5.74) is 1.44. The number of hydrogen-bond acceptors (Lipinski definition) is 5. The Morgan fingerprint density at radius 1 is 1.06 bits per heavy atom. The van der Waals surface area contributed by atoms with Gasteiger partial charge in [-0.05, 0) is 42.0 Å². The smallest absolute Gasteiger partial charge is 0.379 e. The van der Waals surface area contributed by atoms with Crippen LogP contribution in [0, 0.1) is 0 Å². The first kappa shape index (κ1) is 24.2. The molecule has 0 saturated carbocycles. The number of ether oxygens (including phenoxy) is 1. The van der Waals surface area contributed by atoms with Gasteiger partial charge >= 0.3 is 6.18 Å². The van der Waals surface area contributed by atoms with E-state index < -0.39 is 17.6 Å². The molecule has 186 valence electrons. The van der Waals surface area contributed by atoms with Gasteiger partial charge in [0, 0.05) is 48.7 Å². The zero-order valence-corrected chi connectivity index (χ0v) is 19.7. The lowest BCUT2D eigenvalue weighted by molar-refractivity contribution is -0.138. The molecular formula is C25H21ClF3N5O2. The maximum atomic E-state index is 13.9. The second-order valence-electron chi connectivity index (χ2n) is 8.34. The van der Waals surface area contributed by atoms with Gasteiger partial charge in [0.05, 0.1) is 35.7 Å². The number of morpholine rings is 1. The molecular weight excluding hydrogens is 495 g/mol. The van der Waals surface area contributed by atoms with Crippen LogP contribution in [0.3, 0.4) is 0 Å². The molecule has 2 aromatic heterocycles. The minimum absolute atomic E-state index is 0.0945. The van der Waals surface area contributed by atoms with E-state index in [1.165, 1.54) is 12.1 Å². The predicted molar refractivity (Wildman–Crippen MR) is 129 cm³/mol. The van der Waals surface area contributed by atoms with Crippen LogP contribution in [0.5, 0.6) is 0 Å². The summed E-state index contributed by atoms with van der Waals surface area (Å²) in [6.07, 6.45) is -1.38. The van der Waals surface area contributed by atoms with Crippen LogP contribution < -0.4 is 5.32 Å². The van der Waals surface area contributed by atoms with Crippen LogP contribution >= 0.6 is 11.6 Å². The number of anilines is 1. The summed E-state index contributed by atoms with van der Waals surface area (Å²) in [5.74, 6) is -0.661. The summed E-state index contributed by atoms with van der Waals surface area (Å²) in [6.45, 7) is 2.21. The number of alkyl halides is 3. The van der Waals surface area contributed by atoms with E-state index in [2.05, 4.69) is 15.4 Å².